The van der Waals surface area contributed by atoms with Gasteiger partial charge in [0.25, 0.3) is 0 Å². The first-order chi connectivity index (χ1) is 9.70. The molecule has 8 heteroatoms. The Kier molecular flexibility index (Phi) is 6.00. The molecule has 0 atom stereocenters. The molecule has 1 aromatic carbocycles. The topological polar surface area (TPSA) is 89.7 Å². The monoisotopic (exact) mass is 334 g/mol. The molecule has 0 fully saturated rings. The Morgan fingerprint density at radius 1 is 1.43 bits per heavy atom. The zero-order valence-corrected chi connectivity index (χ0v) is 13.7. The van der Waals surface area contributed by atoms with Crippen molar-refractivity contribution in [2.24, 2.45) is 0 Å². The first-order valence-corrected chi connectivity index (χ1v) is 8.24. The number of ether oxygens (including phenoxy) is 1. The summed E-state index contributed by atoms with van der Waals surface area (Å²) >= 11 is 5.96. The summed E-state index contributed by atoms with van der Waals surface area (Å²) in [6, 6.07) is 3.71. The van der Waals surface area contributed by atoms with Gasteiger partial charge in [0.2, 0.25) is 10.0 Å². The minimum absolute atomic E-state index is 0.0181. The molecule has 0 aliphatic heterocycles. The maximum Gasteiger partial charge on any atom is 0.321 e. The van der Waals surface area contributed by atoms with Crippen molar-refractivity contribution in [1.29, 1.82) is 0 Å². The molecule has 6 nitrogen and oxygen atoms in total. The highest BCUT2D eigenvalue weighted by Crippen LogP contribution is 2.27. The Labute approximate surface area is 129 Å². The number of rotatable bonds is 6. The zero-order chi connectivity index (χ0) is 16.2. The smallest absolute Gasteiger partial charge is 0.321 e. The lowest BCUT2D eigenvalue weighted by atomic mass is 10.3. The fourth-order valence-corrected chi connectivity index (χ4v) is 3.84. The lowest BCUT2D eigenvalue weighted by Gasteiger charge is -2.25. The van der Waals surface area contributed by atoms with Gasteiger partial charge in [0, 0.05) is 11.7 Å². The summed E-state index contributed by atoms with van der Waals surface area (Å²) in [6.07, 6.45) is 0. The van der Waals surface area contributed by atoms with Crippen LogP contribution in [-0.4, -0.2) is 37.9 Å². The second kappa shape index (κ2) is 7.11. The van der Waals surface area contributed by atoms with Gasteiger partial charge in [-0.1, -0.05) is 11.6 Å². The van der Waals surface area contributed by atoms with Gasteiger partial charge in [0.15, 0.2) is 0 Å². The van der Waals surface area contributed by atoms with Crippen LogP contribution in [0.2, 0.25) is 5.02 Å². The fourth-order valence-electron chi connectivity index (χ4n) is 1.73. The van der Waals surface area contributed by atoms with Crippen molar-refractivity contribution in [3.8, 4) is 0 Å². The molecule has 2 N–H and O–H groups in total. The van der Waals surface area contributed by atoms with Crippen molar-refractivity contribution in [1.82, 2.24) is 4.31 Å². The minimum atomic E-state index is -3.92. The zero-order valence-electron chi connectivity index (χ0n) is 12.2. The quantitative estimate of drug-likeness (QED) is 0.633. The summed E-state index contributed by atoms with van der Waals surface area (Å²) in [5.74, 6) is -0.610. The third-order valence-electron chi connectivity index (χ3n) is 2.71. The molecule has 0 aliphatic carbocycles. The molecule has 0 aliphatic rings. The number of nitrogens with zero attached hydrogens (tertiary/aromatic N) is 1. The van der Waals surface area contributed by atoms with Gasteiger partial charge in [-0.05, 0) is 39.0 Å². The van der Waals surface area contributed by atoms with Gasteiger partial charge in [-0.2, -0.15) is 4.31 Å². The summed E-state index contributed by atoms with van der Waals surface area (Å²) in [5.41, 5.74) is 5.92. The van der Waals surface area contributed by atoms with Gasteiger partial charge in [-0.3, -0.25) is 4.79 Å². The van der Waals surface area contributed by atoms with E-state index in [0.717, 1.165) is 4.31 Å². The molecule has 0 saturated heterocycles. The summed E-state index contributed by atoms with van der Waals surface area (Å²) in [7, 11) is -3.92. The SMILES string of the molecule is CCOC(=O)CN(C(C)C)S(=O)(=O)c1ccc(N)cc1Cl. The van der Waals surface area contributed by atoms with Gasteiger partial charge in [-0.25, -0.2) is 8.42 Å². The average molecular weight is 335 g/mol. The molecule has 0 heterocycles. The summed E-state index contributed by atoms with van der Waals surface area (Å²) < 4.78 is 31.1. The number of nitrogen functional groups attached to an aromatic ring is 1. The van der Waals surface area contributed by atoms with Crippen LogP contribution in [0.1, 0.15) is 20.8 Å². The van der Waals surface area contributed by atoms with Crippen molar-refractivity contribution in [2.45, 2.75) is 31.7 Å². The van der Waals surface area contributed by atoms with Crippen LogP contribution in [-0.2, 0) is 19.6 Å². The molecule has 118 valence electrons. The first kappa shape index (κ1) is 17.7. The van der Waals surface area contributed by atoms with Crippen LogP contribution >= 0.6 is 11.6 Å². The fraction of sp³-hybridized carbons (Fsp3) is 0.462. The van der Waals surface area contributed by atoms with E-state index in [0.29, 0.717) is 5.69 Å². The van der Waals surface area contributed by atoms with Crippen molar-refractivity contribution < 1.29 is 17.9 Å². The second-order valence-corrected chi connectivity index (χ2v) is 6.91. The predicted octanol–water partition coefficient (Wildman–Crippen LogP) is 1.88. The van der Waals surface area contributed by atoms with E-state index in [-0.39, 0.29) is 23.1 Å². The Bertz CT molecular complexity index is 617. The molecule has 1 rings (SSSR count). The first-order valence-electron chi connectivity index (χ1n) is 6.42. The van der Waals surface area contributed by atoms with E-state index >= 15 is 0 Å². The maximum absolute atomic E-state index is 12.6. The molecule has 0 amide bonds. The molecule has 21 heavy (non-hydrogen) atoms. The maximum atomic E-state index is 12.6. The van der Waals surface area contributed by atoms with Crippen LogP contribution in [0.25, 0.3) is 0 Å². The molecular weight excluding hydrogens is 316 g/mol. The number of anilines is 1. The van der Waals surface area contributed by atoms with Crippen molar-refractivity contribution >= 4 is 33.3 Å². The molecule has 0 unspecified atom stereocenters. The number of sulfonamides is 1. The number of esters is 1. The molecule has 0 saturated carbocycles. The average Bonchev–Trinajstić information content (AvgIpc) is 2.35. The minimum Gasteiger partial charge on any atom is -0.465 e. The van der Waals surface area contributed by atoms with Crippen LogP contribution in [0.15, 0.2) is 23.1 Å². The van der Waals surface area contributed by atoms with E-state index in [1.54, 1.807) is 20.8 Å². The van der Waals surface area contributed by atoms with Gasteiger partial charge in [-0.15, -0.1) is 0 Å². The normalized spacial score (nSPS) is 11.9. The van der Waals surface area contributed by atoms with Crippen LogP contribution in [0.4, 0.5) is 5.69 Å². The molecule has 0 bridgehead atoms. The van der Waals surface area contributed by atoms with Gasteiger partial charge in [0.05, 0.1) is 11.6 Å². The third kappa shape index (κ3) is 4.33. The number of hydrogen-bond acceptors (Lipinski definition) is 5. The van der Waals surface area contributed by atoms with Gasteiger partial charge in [0.1, 0.15) is 11.4 Å². The number of halogens is 1. The van der Waals surface area contributed by atoms with Crippen LogP contribution < -0.4 is 5.73 Å². The van der Waals surface area contributed by atoms with E-state index in [9.17, 15) is 13.2 Å². The standard InChI is InChI=1S/C13H19ClN2O4S/c1-4-20-13(17)8-16(9(2)3)21(18,19)12-6-5-10(15)7-11(12)14/h5-7,9H,4,8,15H2,1-3H3. The Morgan fingerprint density at radius 2 is 2.05 bits per heavy atom. The predicted molar refractivity (Wildman–Crippen MR) is 81.5 cm³/mol. The highest BCUT2D eigenvalue weighted by molar-refractivity contribution is 7.89. The van der Waals surface area contributed by atoms with E-state index in [1.807, 2.05) is 0 Å². The lowest BCUT2D eigenvalue weighted by Crippen LogP contribution is -2.41. The van der Waals surface area contributed by atoms with Crippen molar-refractivity contribution in [3.05, 3.63) is 23.2 Å². The Balaban J connectivity index is 3.19. The Morgan fingerprint density at radius 3 is 2.52 bits per heavy atom. The van der Waals surface area contributed by atoms with E-state index in [4.69, 9.17) is 22.1 Å². The molecule has 0 radical (unpaired) electrons. The second-order valence-electron chi connectivity index (χ2n) is 4.64. The molecule has 0 aromatic heterocycles. The third-order valence-corrected chi connectivity index (χ3v) is 5.21. The van der Waals surface area contributed by atoms with Crippen LogP contribution in [0.5, 0.6) is 0 Å². The van der Waals surface area contributed by atoms with Gasteiger partial charge >= 0.3 is 5.97 Å². The van der Waals surface area contributed by atoms with Crippen molar-refractivity contribution in [2.75, 3.05) is 18.9 Å². The highest BCUT2D eigenvalue weighted by Gasteiger charge is 2.31. The van der Waals surface area contributed by atoms with E-state index < -0.39 is 22.0 Å². The van der Waals surface area contributed by atoms with Crippen LogP contribution in [0, 0.1) is 0 Å². The Hall–Kier alpha value is -1.31. The van der Waals surface area contributed by atoms with Crippen molar-refractivity contribution in [3.63, 3.8) is 0 Å². The number of benzene rings is 1. The molecule has 0 spiro atoms. The summed E-state index contributed by atoms with van der Waals surface area (Å²) in [4.78, 5) is 11.5. The number of nitrogens with two attached hydrogens (primary N) is 1. The number of carbonyl (C=O) groups excluding carboxylic acids is 1. The molecule has 1 aromatic rings. The largest absolute Gasteiger partial charge is 0.465 e. The lowest BCUT2D eigenvalue weighted by molar-refractivity contribution is -0.143. The number of carbonyl (C=O) groups is 1. The number of hydrogen-bond donors (Lipinski definition) is 1. The van der Waals surface area contributed by atoms with E-state index in [1.165, 1.54) is 18.2 Å². The molecular formula is C13H19ClN2O4S. The highest BCUT2D eigenvalue weighted by atomic mass is 35.5. The van der Waals surface area contributed by atoms with Crippen LogP contribution in [0.3, 0.4) is 0 Å². The summed E-state index contributed by atoms with van der Waals surface area (Å²) in [6.45, 7) is 4.81. The summed E-state index contributed by atoms with van der Waals surface area (Å²) in [5, 5.41) is 0.0181. The van der Waals surface area contributed by atoms with E-state index in [2.05, 4.69) is 0 Å². The van der Waals surface area contributed by atoms with Gasteiger partial charge < -0.3 is 10.5 Å².